The summed E-state index contributed by atoms with van der Waals surface area (Å²) in [5, 5.41) is 9.34. The lowest BCUT2D eigenvalue weighted by molar-refractivity contribution is -0.00578. The van der Waals surface area contributed by atoms with E-state index in [0.29, 0.717) is 31.3 Å². The van der Waals surface area contributed by atoms with Crippen molar-refractivity contribution < 1.29 is 19.4 Å². The van der Waals surface area contributed by atoms with E-state index >= 15 is 0 Å². The Morgan fingerprint density at radius 3 is 2.68 bits per heavy atom. The van der Waals surface area contributed by atoms with Gasteiger partial charge in [0, 0.05) is 25.9 Å². The Morgan fingerprint density at radius 2 is 2.09 bits per heavy atom. The minimum absolute atomic E-state index is 0.0951. The van der Waals surface area contributed by atoms with E-state index in [-0.39, 0.29) is 23.9 Å². The quantitative estimate of drug-likeness (QED) is 0.908. The highest BCUT2D eigenvalue weighted by molar-refractivity contribution is 5.88. The van der Waals surface area contributed by atoms with E-state index in [0.717, 1.165) is 12.8 Å². The lowest BCUT2D eigenvalue weighted by atomic mass is 10.1. The fourth-order valence-corrected chi connectivity index (χ4v) is 3.08. The van der Waals surface area contributed by atoms with Crippen molar-refractivity contribution in [2.75, 3.05) is 24.6 Å². The minimum Gasteiger partial charge on any atom is -0.478 e. The second kappa shape index (κ2) is 6.18. The topological polar surface area (TPSA) is 84.8 Å². The zero-order valence-electron chi connectivity index (χ0n) is 12.9. The third kappa shape index (κ3) is 3.05. The minimum atomic E-state index is -1.01. The summed E-state index contributed by atoms with van der Waals surface area (Å²) < 4.78 is 11.3. The van der Waals surface area contributed by atoms with E-state index in [1.165, 1.54) is 6.20 Å². The molecule has 3 rings (SSSR count). The molecule has 22 heavy (non-hydrogen) atoms. The van der Waals surface area contributed by atoms with Crippen LogP contribution in [0.5, 0.6) is 0 Å². The van der Waals surface area contributed by atoms with Crippen LogP contribution in [-0.4, -0.2) is 52.9 Å². The molecular weight excluding hydrogens is 286 g/mol. The molecule has 0 aromatic carbocycles. The van der Waals surface area contributed by atoms with Crippen molar-refractivity contribution in [1.82, 2.24) is 9.97 Å². The van der Waals surface area contributed by atoms with Crippen LogP contribution in [0.2, 0.25) is 0 Å². The van der Waals surface area contributed by atoms with Gasteiger partial charge in [-0.15, -0.1) is 0 Å². The Balaban J connectivity index is 1.92. The normalized spacial score (nSPS) is 28.8. The Hall–Kier alpha value is -1.73. The van der Waals surface area contributed by atoms with Crippen LogP contribution < -0.4 is 4.90 Å². The summed E-state index contributed by atoms with van der Waals surface area (Å²) in [5.41, 5.74) is 0.617. The molecule has 0 radical (unpaired) electrons. The van der Waals surface area contributed by atoms with Gasteiger partial charge >= 0.3 is 5.97 Å². The number of morpholine rings is 1. The van der Waals surface area contributed by atoms with Gasteiger partial charge in [-0.1, -0.05) is 0 Å². The molecule has 3 heterocycles. The van der Waals surface area contributed by atoms with Crippen LogP contribution in [-0.2, 0) is 9.47 Å². The number of rotatable bonds is 3. The smallest absolute Gasteiger partial charge is 0.339 e. The van der Waals surface area contributed by atoms with Crippen LogP contribution in [0.25, 0.3) is 0 Å². The Bertz CT molecular complexity index is 550. The van der Waals surface area contributed by atoms with Crippen molar-refractivity contribution in [3.63, 3.8) is 0 Å². The molecule has 0 amide bonds. The highest BCUT2D eigenvalue weighted by Gasteiger charge is 2.29. The zero-order chi connectivity index (χ0) is 15.7. The summed E-state index contributed by atoms with van der Waals surface area (Å²) in [5.74, 6) is -0.460. The highest BCUT2D eigenvalue weighted by Crippen LogP contribution is 2.30. The van der Waals surface area contributed by atoms with Crippen molar-refractivity contribution in [2.24, 2.45) is 0 Å². The number of carbonyl (C=O) groups is 1. The van der Waals surface area contributed by atoms with E-state index in [1.54, 1.807) is 0 Å². The number of carboxylic acid groups (broad SMARTS) is 1. The summed E-state index contributed by atoms with van der Waals surface area (Å²) in [6, 6.07) is 0. The number of aromatic carboxylic acids is 1. The number of nitrogens with zero attached hydrogens (tertiary/aromatic N) is 3. The van der Waals surface area contributed by atoms with Gasteiger partial charge < -0.3 is 19.5 Å². The van der Waals surface area contributed by atoms with Gasteiger partial charge in [0.1, 0.15) is 11.7 Å². The molecule has 2 aliphatic heterocycles. The Morgan fingerprint density at radius 1 is 1.36 bits per heavy atom. The molecule has 2 aliphatic rings. The average Bonchev–Trinajstić information content (AvgIpc) is 2.99. The number of aromatic nitrogens is 2. The summed E-state index contributed by atoms with van der Waals surface area (Å²) >= 11 is 0. The number of hydrogen-bond acceptors (Lipinski definition) is 6. The maximum atomic E-state index is 11.4. The number of hydrogen-bond donors (Lipinski definition) is 1. The second-order valence-corrected chi connectivity index (χ2v) is 5.94. The number of ether oxygens (including phenoxy) is 2. The first-order valence-electron chi connectivity index (χ1n) is 7.67. The standard InChI is InChI=1S/C15H21N3O4/c1-9-7-18(8-10(2)22-9)15-16-6-11(14(19)20)13(17-15)12-4-3-5-21-12/h6,9-10,12H,3-5,7-8H2,1-2H3,(H,19,20). The van der Waals surface area contributed by atoms with Gasteiger partial charge in [-0.25, -0.2) is 14.8 Å². The first-order chi connectivity index (χ1) is 10.5. The van der Waals surface area contributed by atoms with E-state index in [9.17, 15) is 9.90 Å². The van der Waals surface area contributed by atoms with Crippen LogP contribution in [0.3, 0.4) is 0 Å². The van der Waals surface area contributed by atoms with Crippen LogP contribution in [0, 0.1) is 0 Å². The lowest BCUT2D eigenvalue weighted by Gasteiger charge is -2.35. The molecule has 7 heteroatoms. The Kier molecular flexibility index (Phi) is 4.26. The van der Waals surface area contributed by atoms with Crippen LogP contribution in [0.15, 0.2) is 6.20 Å². The van der Waals surface area contributed by atoms with Crippen molar-refractivity contribution >= 4 is 11.9 Å². The lowest BCUT2D eigenvalue weighted by Crippen LogP contribution is -2.46. The highest BCUT2D eigenvalue weighted by atomic mass is 16.5. The molecule has 0 spiro atoms. The fourth-order valence-electron chi connectivity index (χ4n) is 3.08. The first kappa shape index (κ1) is 15.2. The molecule has 3 unspecified atom stereocenters. The van der Waals surface area contributed by atoms with Crippen molar-refractivity contribution in [3.8, 4) is 0 Å². The third-order valence-corrected chi connectivity index (χ3v) is 3.97. The SMILES string of the molecule is CC1CN(c2ncc(C(=O)O)c(C3CCCO3)n2)CC(C)O1. The van der Waals surface area contributed by atoms with Gasteiger partial charge in [-0.3, -0.25) is 0 Å². The molecule has 0 saturated carbocycles. The maximum Gasteiger partial charge on any atom is 0.339 e. The van der Waals surface area contributed by atoms with Gasteiger partial charge in [-0.05, 0) is 26.7 Å². The molecule has 2 saturated heterocycles. The van der Waals surface area contributed by atoms with Crippen molar-refractivity contribution in [3.05, 3.63) is 17.5 Å². The van der Waals surface area contributed by atoms with E-state index in [1.807, 2.05) is 18.7 Å². The predicted octanol–water partition coefficient (Wildman–Crippen LogP) is 1.64. The monoisotopic (exact) mass is 307 g/mol. The molecule has 120 valence electrons. The van der Waals surface area contributed by atoms with Crippen LogP contribution in [0.4, 0.5) is 5.95 Å². The molecule has 1 aromatic heterocycles. The second-order valence-electron chi connectivity index (χ2n) is 5.94. The number of anilines is 1. The summed E-state index contributed by atoms with van der Waals surface area (Å²) in [6.07, 6.45) is 3.06. The maximum absolute atomic E-state index is 11.4. The molecule has 0 aliphatic carbocycles. The average molecular weight is 307 g/mol. The summed E-state index contributed by atoms with van der Waals surface area (Å²) in [6.45, 7) is 6.06. The Labute approximate surface area is 129 Å². The van der Waals surface area contributed by atoms with E-state index < -0.39 is 5.97 Å². The molecule has 3 atom stereocenters. The van der Waals surface area contributed by atoms with E-state index in [4.69, 9.17) is 9.47 Å². The van der Waals surface area contributed by atoms with Crippen molar-refractivity contribution in [1.29, 1.82) is 0 Å². The fraction of sp³-hybridized carbons (Fsp3) is 0.667. The first-order valence-corrected chi connectivity index (χ1v) is 7.67. The largest absolute Gasteiger partial charge is 0.478 e. The summed E-state index contributed by atoms with van der Waals surface area (Å²) in [7, 11) is 0. The predicted molar refractivity (Wildman–Crippen MR) is 79.1 cm³/mol. The van der Waals surface area contributed by atoms with E-state index in [2.05, 4.69) is 9.97 Å². The molecule has 1 aromatic rings. The van der Waals surface area contributed by atoms with Crippen LogP contribution in [0.1, 0.15) is 48.8 Å². The van der Waals surface area contributed by atoms with Crippen molar-refractivity contribution in [2.45, 2.75) is 45.0 Å². The van der Waals surface area contributed by atoms with Gasteiger partial charge in [0.05, 0.1) is 17.9 Å². The number of carboxylic acids is 1. The van der Waals surface area contributed by atoms with Crippen LogP contribution >= 0.6 is 0 Å². The van der Waals surface area contributed by atoms with Gasteiger partial charge in [-0.2, -0.15) is 0 Å². The van der Waals surface area contributed by atoms with Gasteiger partial charge in [0.2, 0.25) is 5.95 Å². The summed E-state index contributed by atoms with van der Waals surface area (Å²) in [4.78, 5) is 22.2. The molecule has 7 nitrogen and oxygen atoms in total. The molecular formula is C15H21N3O4. The van der Waals surface area contributed by atoms with Gasteiger partial charge in [0.15, 0.2) is 0 Å². The molecule has 2 fully saturated rings. The molecule has 0 bridgehead atoms. The molecule has 1 N–H and O–H groups in total. The third-order valence-electron chi connectivity index (χ3n) is 3.97. The van der Waals surface area contributed by atoms with Gasteiger partial charge in [0.25, 0.3) is 0 Å². The zero-order valence-corrected chi connectivity index (χ0v) is 12.9.